The molecule has 2 N–H and O–H groups in total. The molecule has 2 heterocycles. The van der Waals surface area contributed by atoms with Gasteiger partial charge in [0.1, 0.15) is 11.6 Å². The normalized spacial score (nSPS) is 10.8. The minimum atomic E-state index is -0.374. The fourth-order valence-electron chi connectivity index (χ4n) is 2.95. The Morgan fingerprint density at radius 1 is 1.07 bits per heavy atom. The van der Waals surface area contributed by atoms with E-state index >= 15 is 0 Å². The summed E-state index contributed by atoms with van der Waals surface area (Å²) in [6.45, 7) is 2.85. The van der Waals surface area contributed by atoms with Crippen LogP contribution in [0.4, 0.5) is 10.2 Å². The van der Waals surface area contributed by atoms with Crippen molar-refractivity contribution in [3.63, 3.8) is 0 Å². The largest absolute Gasteiger partial charge is 0.461 e. The van der Waals surface area contributed by atoms with Crippen LogP contribution in [0.3, 0.4) is 0 Å². The second-order valence-corrected chi connectivity index (χ2v) is 6.58. The van der Waals surface area contributed by atoms with Gasteiger partial charge in [0.05, 0.1) is 11.8 Å². The van der Waals surface area contributed by atoms with Crippen LogP contribution in [-0.4, -0.2) is 29.0 Å². The van der Waals surface area contributed by atoms with E-state index in [1.54, 1.807) is 12.3 Å². The van der Waals surface area contributed by atoms with Gasteiger partial charge in [0, 0.05) is 24.0 Å². The van der Waals surface area contributed by atoms with Crippen molar-refractivity contribution < 1.29 is 13.6 Å². The standard InChI is InChI=1S/C22H19FN4O2/c1-14-4-9-18-17(13-14)20(27-21(26-18)19-3-2-12-29-19)24-10-11-25-22(28)15-5-7-16(23)8-6-15/h2-9,12-13H,10-11H2,1H3,(H,25,28)(H,24,26,27). The van der Waals surface area contributed by atoms with E-state index in [0.29, 0.717) is 36.1 Å². The first-order valence-electron chi connectivity index (χ1n) is 9.20. The number of rotatable bonds is 6. The summed E-state index contributed by atoms with van der Waals surface area (Å²) in [5.41, 5.74) is 2.31. The number of benzene rings is 2. The van der Waals surface area contributed by atoms with Crippen LogP contribution in [0.5, 0.6) is 0 Å². The zero-order valence-corrected chi connectivity index (χ0v) is 15.8. The predicted molar refractivity (Wildman–Crippen MR) is 109 cm³/mol. The van der Waals surface area contributed by atoms with Gasteiger partial charge in [0.25, 0.3) is 5.91 Å². The second-order valence-electron chi connectivity index (χ2n) is 6.58. The van der Waals surface area contributed by atoms with E-state index < -0.39 is 0 Å². The van der Waals surface area contributed by atoms with Crippen LogP contribution in [0, 0.1) is 12.7 Å². The van der Waals surface area contributed by atoms with E-state index in [9.17, 15) is 9.18 Å². The van der Waals surface area contributed by atoms with Gasteiger partial charge >= 0.3 is 0 Å². The van der Waals surface area contributed by atoms with Crippen LogP contribution in [0.1, 0.15) is 15.9 Å². The molecule has 4 aromatic rings. The van der Waals surface area contributed by atoms with E-state index in [-0.39, 0.29) is 11.7 Å². The number of hydrogen-bond acceptors (Lipinski definition) is 5. The van der Waals surface area contributed by atoms with Crippen molar-refractivity contribution in [3.8, 4) is 11.6 Å². The summed E-state index contributed by atoms with van der Waals surface area (Å²) >= 11 is 0. The van der Waals surface area contributed by atoms with Crippen LogP contribution in [-0.2, 0) is 0 Å². The molecule has 0 aliphatic carbocycles. The number of nitrogens with zero attached hydrogens (tertiary/aromatic N) is 2. The quantitative estimate of drug-likeness (QED) is 0.483. The Balaban J connectivity index is 1.48. The number of aryl methyl sites for hydroxylation is 1. The average molecular weight is 390 g/mol. The smallest absolute Gasteiger partial charge is 0.251 e. The van der Waals surface area contributed by atoms with Crippen LogP contribution < -0.4 is 10.6 Å². The molecule has 0 saturated carbocycles. The lowest BCUT2D eigenvalue weighted by Crippen LogP contribution is -2.29. The Morgan fingerprint density at radius 3 is 2.66 bits per heavy atom. The molecule has 0 spiro atoms. The van der Waals surface area contributed by atoms with Crippen molar-refractivity contribution in [2.75, 3.05) is 18.4 Å². The third-order valence-electron chi connectivity index (χ3n) is 4.40. The summed E-state index contributed by atoms with van der Waals surface area (Å²) in [7, 11) is 0. The van der Waals surface area contributed by atoms with E-state index in [2.05, 4.69) is 20.6 Å². The highest BCUT2D eigenvalue weighted by molar-refractivity contribution is 5.94. The molecule has 0 aliphatic rings. The summed E-state index contributed by atoms with van der Waals surface area (Å²) < 4.78 is 18.4. The van der Waals surface area contributed by atoms with Gasteiger partial charge in [-0.2, -0.15) is 0 Å². The van der Waals surface area contributed by atoms with Crippen molar-refractivity contribution >= 4 is 22.6 Å². The summed E-state index contributed by atoms with van der Waals surface area (Å²) in [6, 6.07) is 15.0. The number of carbonyl (C=O) groups excluding carboxylic acids is 1. The number of amides is 1. The van der Waals surface area contributed by atoms with Crippen molar-refractivity contribution in [3.05, 3.63) is 77.8 Å². The number of halogens is 1. The maximum absolute atomic E-state index is 13.0. The molecule has 7 heteroatoms. The Bertz CT molecular complexity index is 1140. The zero-order valence-electron chi connectivity index (χ0n) is 15.8. The molecule has 6 nitrogen and oxygen atoms in total. The number of nitrogens with one attached hydrogen (secondary N) is 2. The first-order chi connectivity index (χ1) is 14.1. The molecule has 2 aromatic carbocycles. The van der Waals surface area contributed by atoms with Gasteiger partial charge in [-0.15, -0.1) is 0 Å². The first kappa shape index (κ1) is 18.6. The number of furan rings is 1. The van der Waals surface area contributed by atoms with Crippen molar-refractivity contribution in [2.45, 2.75) is 6.92 Å². The van der Waals surface area contributed by atoms with Gasteiger partial charge < -0.3 is 15.1 Å². The molecule has 4 rings (SSSR count). The van der Waals surface area contributed by atoms with E-state index in [4.69, 9.17) is 4.42 Å². The fraction of sp³-hybridized carbons (Fsp3) is 0.136. The van der Waals surface area contributed by atoms with Crippen LogP contribution in [0.2, 0.25) is 0 Å². The SMILES string of the molecule is Cc1ccc2nc(-c3ccco3)nc(NCCNC(=O)c3ccc(F)cc3)c2c1. The van der Waals surface area contributed by atoms with E-state index in [1.807, 2.05) is 31.2 Å². The fourth-order valence-corrected chi connectivity index (χ4v) is 2.95. The monoisotopic (exact) mass is 390 g/mol. The Morgan fingerprint density at radius 2 is 1.90 bits per heavy atom. The number of hydrogen-bond donors (Lipinski definition) is 2. The predicted octanol–water partition coefficient (Wildman–Crippen LogP) is 4.18. The van der Waals surface area contributed by atoms with Crippen LogP contribution >= 0.6 is 0 Å². The van der Waals surface area contributed by atoms with Gasteiger partial charge in [-0.25, -0.2) is 14.4 Å². The van der Waals surface area contributed by atoms with Gasteiger partial charge in [0.2, 0.25) is 0 Å². The molecule has 0 bridgehead atoms. The molecular formula is C22H19FN4O2. The molecule has 146 valence electrons. The van der Waals surface area contributed by atoms with Gasteiger partial charge in [-0.05, 0) is 55.5 Å². The van der Waals surface area contributed by atoms with Gasteiger partial charge in [0.15, 0.2) is 11.6 Å². The summed E-state index contributed by atoms with van der Waals surface area (Å²) in [5.74, 6) is 1.11. The van der Waals surface area contributed by atoms with Gasteiger partial charge in [-0.1, -0.05) is 11.6 Å². The Kier molecular flexibility index (Phi) is 5.20. The molecule has 2 aromatic heterocycles. The molecule has 29 heavy (non-hydrogen) atoms. The molecule has 0 radical (unpaired) electrons. The Hall–Kier alpha value is -3.74. The summed E-state index contributed by atoms with van der Waals surface area (Å²) in [6.07, 6.45) is 1.58. The number of anilines is 1. The van der Waals surface area contributed by atoms with Gasteiger partial charge in [-0.3, -0.25) is 4.79 Å². The maximum atomic E-state index is 13.0. The lowest BCUT2D eigenvalue weighted by atomic mass is 10.1. The number of carbonyl (C=O) groups is 1. The maximum Gasteiger partial charge on any atom is 0.251 e. The van der Waals surface area contributed by atoms with Crippen molar-refractivity contribution in [1.29, 1.82) is 0 Å². The third kappa shape index (κ3) is 4.24. The highest BCUT2D eigenvalue weighted by Gasteiger charge is 2.12. The molecule has 0 atom stereocenters. The topological polar surface area (TPSA) is 80.1 Å². The third-order valence-corrected chi connectivity index (χ3v) is 4.40. The minimum Gasteiger partial charge on any atom is -0.461 e. The van der Waals surface area contributed by atoms with Crippen molar-refractivity contribution in [2.24, 2.45) is 0 Å². The first-order valence-corrected chi connectivity index (χ1v) is 9.20. The van der Waals surface area contributed by atoms with E-state index in [1.165, 1.54) is 24.3 Å². The molecule has 1 amide bonds. The minimum absolute atomic E-state index is 0.258. The highest BCUT2D eigenvalue weighted by atomic mass is 19.1. The van der Waals surface area contributed by atoms with Crippen LogP contribution in [0.25, 0.3) is 22.5 Å². The second kappa shape index (κ2) is 8.10. The molecular weight excluding hydrogens is 371 g/mol. The lowest BCUT2D eigenvalue weighted by Gasteiger charge is -2.11. The summed E-state index contributed by atoms with van der Waals surface area (Å²) in [4.78, 5) is 21.3. The average Bonchev–Trinajstić information content (AvgIpc) is 3.26. The van der Waals surface area contributed by atoms with E-state index in [0.717, 1.165) is 16.5 Å². The molecule has 0 unspecified atom stereocenters. The molecule has 0 aliphatic heterocycles. The van der Waals surface area contributed by atoms with Crippen LogP contribution in [0.15, 0.2) is 65.3 Å². The number of fused-ring (bicyclic) bond motifs is 1. The lowest BCUT2D eigenvalue weighted by molar-refractivity contribution is 0.0955. The summed E-state index contributed by atoms with van der Waals surface area (Å²) in [5, 5.41) is 6.96. The molecule has 0 saturated heterocycles. The number of aromatic nitrogens is 2. The zero-order chi connectivity index (χ0) is 20.2. The Labute approximate surface area is 166 Å². The van der Waals surface area contributed by atoms with Crippen molar-refractivity contribution in [1.82, 2.24) is 15.3 Å². The highest BCUT2D eigenvalue weighted by Crippen LogP contribution is 2.26. The molecule has 0 fully saturated rings.